The molecule has 3 aromatic heterocycles. The Kier molecular flexibility index (Phi) is 8.46. The van der Waals surface area contributed by atoms with Crippen molar-refractivity contribution in [3.05, 3.63) is 96.0 Å². The molecule has 0 aliphatic heterocycles. The van der Waals surface area contributed by atoms with Crippen molar-refractivity contribution < 1.29 is 38.5 Å². The average Bonchev–Trinajstić information content (AvgIpc) is 3.31. The monoisotopic (exact) mass is 715 g/mol. The number of fused-ring (bicyclic) bond motifs is 3. The van der Waals surface area contributed by atoms with Crippen LogP contribution in [-0.2, 0) is 24.9 Å². The molecule has 5 aromatic rings. The van der Waals surface area contributed by atoms with Gasteiger partial charge in [0, 0.05) is 58.9 Å². The minimum atomic E-state index is -2.29. The molecule has 40 heavy (non-hydrogen) atoms. The van der Waals surface area contributed by atoms with Gasteiger partial charge in [0.15, 0.2) is 5.78 Å². The van der Waals surface area contributed by atoms with Crippen LogP contribution < -0.4 is 0 Å². The van der Waals surface area contributed by atoms with Gasteiger partial charge < -0.3 is 14.5 Å². The van der Waals surface area contributed by atoms with E-state index in [0.717, 1.165) is 33.2 Å². The summed E-state index contributed by atoms with van der Waals surface area (Å²) in [6.07, 6.45) is 3.09. The molecule has 0 amide bonds. The molecule has 1 radical (unpaired) electrons. The van der Waals surface area contributed by atoms with Crippen LogP contribution in [0.25, 0.3) is 44.5 Å². The van der Waals surface area contributed by atoms with Crippen LogP contribution in [0.3, 0.4) is 0 Å². The van der Waals surface area contributed by atoms with Crippen molar-refractivity contribution in [2.45, 2.75) is 48.4 Å². The molecule has 0 unspecified atom stereocenters. The van der Waals surface area contributed by atoms with E-state index < -0.39 is 6.85 Å². The van der Waals surface area contributed by atoms with Gasteiger partial charge in [-0.15, -0.1) is 18.2 Å². The number of pyridine rings is 2. The van der Waals surface area contributed by atoms with Gasteiger partial charge in [-0.3, -0.25) is 4.79 Å². The average molecular weight is 715 g/mol. The van der Waals surface area contributed by atoms with Gasteiger partial charge in [0.05, 0.1) is 5.58 Å². The minimum absolute atomic E-state index is 0. The third-order valence-electron chi connectivity index (χ3n) is 6.32. The van der Waals surface area contributed by atoms with Gasteiger partial charge in [0.2, 0.25) is 5.71 Å². The predicted octanol–water partition coefficient (Wildman–Crippen LogP) is 8.82. The summed E-state index contributed by atoms with van der Waals surface area (Å²) in [4.78, 5) is 19.9. The number of furan rings is 1. The standard InChI is InChI=1S/C24H17N2O.C10H18O2.Ir/c1-15-6-9-17(10-7-15)18-12-13-25-22(14-18)21-5-3-4-19-20-11-8-16(2)26-24(20)27-23(19)21;1-7(2)8(11)6-9(12)10(3,4)5;/h3-4,6-14H,1-2H3;6-7,12H,1-5H3;/q-1;;/b;9-6-;/i2D3;;. The summed E-state index contributed by atoms with van der Waals surface area (Å²) in [6.45, 7) is 9.01. The number of aliphatic hydroxyl groups is 1. The maximum atomic E-state index is 11.2. The minimum Gasteiger partial charge on any atom is -0.512 e. The van der Waals surface area contributed by atoms with Gasteiger partial charge in [-0.1, -0.05) is 81.5 Å². The van der Waals surface area contributed by atoms with E-state index in [9.17, 15) is 9.90 Å². The Morgan fingerprint density at radius 2 is 1.77 bits per heavy atom. The van der Waals surface area contributed by atoms with E-state index in [1.54, 1.807) is 12.3 Å². The number of ketones is 1. The Morgan fingerprint density at radius 3 is 2.42 bits per heavy atom. The van der Waals surface area contributed by atoms with Crippen LogP contribution in [0, 0.1) is 31.2 Å². The molecule has 5 nitrogen and oxygen atoms in total. The van der Waals surface area contributed by atoms with Crippen molar-refractivity contribution >= 4 is 27.9 Å². The van der Waals surface area contributed by atoms with Crippen molar-refractivity contribution in [1.29, 1.82) is 0 Å². The number of aromatic nitrogens is 2. The Bertz CT molecular complexity index is 1770. The zero-order valence-electron chi connectivity index (χ0n) is 26.5. The number of hydrogen-bond donors (Lipinski definition) is 1. The number of aliphatic hydroxyl groups excluding tert-OH is 1. The zero-order chi connectivity index (χ0) is 30.8. The first-order valence-corrected chi connectivity index (χ1v) is 12.9. The van der Waals surface area contributed by atoms with Gasteiger partial charge in [0.25, 0.3) is 0 Å². The van der Waals surface area contributed by atoms with Crippen LogP contribution in [0.15, 0.2) is 83.1 Å². The molecule has 1 N–H and O–H groups in total. The largest absolute Gasteiger partial charge is 0.512 e. The molecule has 3 heterocycles. The second-order valence-electron chi connectivity index (χ2n) is 10.9. The van der Waals surface area contributed by atoms with Crippen LogP contribution >= 0.6 is 0 Å². The number of hydrogen-bond acceptors (Lipinski definition) is 5. The van der Waals surface area contributed by atoms with Crippen LogP contribution in [0.4, 0.5) is 0 Å². The Labute approximate surface area is 253 Å². The third-order valence-corrected chi connectivity index (χ3v) is 6.32. The van der Waals surface area contributed by atoms with E-state index in [-0.39, 0.29) is 48.7 Å². The van der Waals surface area contributed by atoms with E-state index in [1.165, 1.54) is 17.7 Å². The summed E-state index contributed by atoms with van der Waals surface area (Å²) in [5.74, 6) is 0.0816. The van der Waals surface area contributed by atoms with E-state index >= 15 is 0 Å². The van der Waals surface area contributed by atoms with Crippen LogP contribution in [0.5, 0.6) is 0 Å². The molecule has 0 spiro atoms. The van der Waals surface area contributed by atoms with Crippen LogP contribution in [0.2, 0.25) is 0 Å². The van der Waals surface area contributed by atoms with Crippen molar-refractivity contribution in [2.75, 3.05) is 0 Å². The van der Waals surface area contributed by atoms with E-state index in [0.29, 0.717) is 11.3 Å². The molecule has 0 aliphatic rings. The second-order valence-corrected chi connectivity index (χ2v) is 10.9. The van der Waals surface area contributed by atoms with Crippen molar-refractivity contribution in [2.24, 2.45) is 11.3 Å². The van der Waals surface area contributed by atoms with Gasteiger partial charge in [0.1, 0.15) is 5.76 Å². The molecule has 5 rings (SSSR count). The number of carbonyl (C=O) groups excluding carboxylic acids is 1. The first-order chi connectivity index (χ1) is 19.6. The smallest absolute Gasteiger partial charge is 0.216 e. The Balaban J connectivity index is 0.000000334. The summed E-state index contributed by atoms with van der Waals surface area (Å²) < 4.78 is 28.8. The van der Waals surface area contributed by atoms with Gasteiger partial charge >= 0.3 is 0 Å². The van der Waals surface area contributed by atoms with Crippen LogP contribution in [0.1, 0.15) is 50.0 Å². The zero-order valence-corrected chi connectivity index (χ0v) is 25.9. The molecular formula is C34H35IrN2O3-. The number of aryl methyl sites for hydroxylation is 2. The second kappa shape index (κ2) is 12.7. The summed E-state index contributed by atoms with van der Waals surface area (Å²) in [7, 11) is 0. The first-order valence-electron chi connectivity index (χ1n) is 14.4. The van der Waals surface area contributed by atoms with Crippen LogP contribution in [-0.4, -0.2) is 20.9 Å². The molecule has 0 atom stereocenters. The quantitative estimate of drug-likeness (QED) is 0.114. The van der Waals surface area contributed by atoms with E-state index in [4.69, 9.17) is 8.53 Å². The maximum Gasteiger partial charge on any atom is 0.216 e. The summed E-state index contributed by atoms with van der Waals surface area (Å²) in [6, 6.07) is 22.5. The van der Waals surface area contributed by atoms with E-state index in [1.807, 2.05) is 58.9 Å². The number of benzene rings is 2. The molecule has 0 saturated carbocycles. The first kappa shape index (κ1) is 26.6. The molecule has 6 heteroatoms. The number of carbonyl (C=O) groups is 1. The normalized spacial score (nSPS) is 13.2. The Morgan fingerprint density at radius 1 is 1.05 bits per heavy atom. The number of nitrogens with zero attached hydrogens (tertiary/aromatic N) is 2. The molecule has 0 saturated heterocycles. The molecular weight excluding hydrogens is 677 g/mol. The molecule has 0 bridgehead atoms. The number of allylic oxidation sites excluding steroid dienone is 2. The number of rotatable bonds is 4. The van der Waals surface area contributed by atoms with Crippen molar-refractivity contribution in [3.63, 3.8) is 0 Å². The Hall–Kier alpha value is -3.60. The third kappa shape index (κ3) is 7.12. The summed E-state index contributed by atoms with van der Waals surface area (Å²) in [5, 5.41) is 11.1. The van der Waals surface area contributed by atoms with Crippen molar-refractivity contribution in [1.82, 2.24) is 9.97 Å². The van der Waals surface area contributed by atoms with Crippen molar-refractivity contribution in [3.8, 4) is 22.4 Å². The van der Waals surface area contributed by atoms with Gasteiger partial charge in [-0.05, 0) is 48.8 Å². The SMILES string of the molecule is CC(C)C(=O)/C=C(\O)C(C)(C)C.[2H]C([2H])([2H])c1ccc2c(n1)oc1c(-c3cc(-c4ccc(C)cc4)ccn3)[c-]ccc12.[Ir]. The van der Waals surface area contributed by atoms with Gasteiger partial charge in [-0.25, -0.2) is 4.98 Å². The van der Waals surface area contributed by atoms with Gasteiger partial charge in [-0.2, -0.15) is 0 Å². The predicted molar refractivity (Wildman–Crippen MR) is 159 cm³/mol. The fourth-order valence-electron chi connectivity index (χ4n) is 3.82. The molecule has 0 aliphatic carbocycles. The maximum absolute atomic E-state index is 11.2. The molecule has 2 aromatic carbocycles. The molecule has 209 valence electrons. The fraction of sp³-hybridized carbons (Fsp3) is 0.265. The van der Waals surface area contributed by atoms with E-state index in [2.05, 4.69) is 47.2 Å². The summed E-state index contributed by atoms with van der Waals surface area (Å²) >= 11 is 0. The summed E-state index contributed by atoms with van der Waals surface area (Å²) in [5.41, 5.74) is 5.38. The topological polar surface area (TPSA) is 76.2 Å². The fourth-order valence-corrected chi connectivity index (χ4v) is 3.82. The molecule has 0 fully saturated rings.